The van der Waals surface area contributed by atoms with Crippen molar-refractivity contribution in [3.05, 3.63) is 60.4 Å². The Hall–Kier alpha value is -3.22. The normalized spacial score (nSPS) is 12.6. The van der Waals surface area contributed by atoms with Crippen LogP contribution in [0.5, 0.6) is 0 Å². The van der Waals surface area contributed by atoms with Crippen LogP contribution in [0, 0.1) is 0 Å². The van der Waals surface area contributed by atoms with E-state index < -0.39 is 0 Å². The first kappa shape index (κ1) is 16.3. The van der Waals surface area contributed by atoms with E-state index in [9.17, 15) is 0 Å². The molecule has 4 rings (SSSR count). The molecule has 1 N–H and O–H groups in total. The molecule has 0 saturated heterocycles. The summed E-state index contributed by atoms with van der Waals surface area (Å²) in [7, 11) is 0. The van der Waals surface area contributed by atoms with Crippen LogP contribution in [0.3, 0.4) is 0 Å². The van der Waals surface area contributed by atoms with Gasteiger partial charge in [-0.2, -0.15) is 14.6 Å². The van der Waals surface area contributed by atoms with Gasteiger partial charge in [0.25, 0.3) is 0 Å². The molecule has 3 aromatic heterocycles. The average Bonchev–Trinajstić information content (AvgIpc) is 3.32. The van der Waals surface area contributed by atoms with Gasteiger partial charge in [0, 0.05) is 23.6 Å². The fourth-order valence-corrected chi connectivity index (χ4v) is 2.71. The van der Waals surface area contributed by atoms with E-state index in [0.29, 0.717) is 11.7 Å². The summed E-state index contributed by atoms with van der Waals surface area (Å²) in [5.41, 5.74) is 2.70. The first-order valence-electron chi connectivity index (χ1n) is 8.62. The van der Waals surface area contributed by atoms with Crippen molar-refractivity contribution < 1.29 is 4.52 Å². The van der Waals surface area contributed by atoms with Gasteiger partial charge >= 0.3 is 0 Å². The molecule has 4 aromatic rings. The summed E-state index contributed by atoms with van der Waals surface area (Å²) in [4.78, 5) is 9.15. The van der Waals surface area contributed by atoms with Crippen LogP contribution >= 0.6 is 0 Å². The molecule has 26 heavy (non-hydrogen) atoms. The van der Waals surface area contributed by atoms with E-state index in [1.807, 2.05) is 63.2 Å². The monoisotopic (exact) mass is 348 g/mol. The van der Waals surface area contributed by atoms with E-state index in [0.717, 1.165) is 22.7 Å². The zero-order valence-corrected chi connectivity index (χ0v) is 14.9. The zero-order chi connectivity index (χ0) is 18.1. The molecule has 0 spiro atoms. The van der Waals surface area contributed by atoms with Crippen molar-refractivity contribution >= 4 is 11.5 Å². The van der Waals surface area contributed by atoms with Crippen molar-refractivity contribution in [3.63, 3.8) is 0 Å². The van der Waals surface area contributed by atoms with Crippen molar-refractivity contribution in [2.45, 2.75) is 32.7 Å². The van der Waals surface area contributed by atoms with E-state index >= 15 is 0 Å². The van der Waals surface area contributed by atoms with E-state index in [1.165, 1.54) is 0 Å². The molecule has 7 nitrogen and oxygen atoms in total. The molecule has 0 aliphatic heterocycles. The van der Waals surface area contributed by atoms with Gasteiger partial charge in [-0.15, -0.1) is 0 Å². The summed E-state index contributed by atoms with van der Waals surface area (Å²) >= 11 is 0. The smallest absolute Gasteiger partial charge is 0.248 e. The number of fused-ring (bicyclic) bond motifs is 1. The Bertz CT molecular complexity index is 1020. The van der Waals surface area contributed by atoms with Crippen LogP contribution in [-0.2, 0) is 0 Å². The maximum atomic E-state index is 5.40. The Morgan fingerprint density at radius 1 is 1.04 bits per heavy atom. The number of benzene rings is 1. The molecular formula is C19H20N6O. The Balaban J connectivity index is 1.69. The average molecular weight is 348 g/mol. The van der Waals surface area contributed by atoms with Crippen LogP contribution in [0.25, 0.3) is 16.9 Å². The second kappa shape index (κ2) is 6.59. The third-order valence-electron chi connectivity index (χ3n) is 4.14. The molecule has 1 atom stereocenters. The highest BCUT2D eigenvalue weighted by Crippen LogP contribution is 2.25. The highest BCUT2D eigenvalue weighted by Gasteiger charge is 2.18. The van der Waals surface area contributed by atoms with E-state index in [4.69, 9.17) is 4.52 Å². The lowest BCUT2D eigenvalue weighted by Gasteiger charge is -2.14. The second-order valence-corrected chi connectivity index (χ2v) is 6.51. The highest BCUT2D eigenvalue weighted by atomic mass is 16.5. The molecule has 3 heterocycles. The summed E-state index contributed by atoms with van der Waals surface area (Å²) in [6.45, 7) is 6.06. The van der Waals surface area contributed by atoms with Gasteiger partial charge in [0.2, 0.25) is 5.89 Å². The minimum atomic E-state index is -0.159. The number of hydrogen-bond acceptors (Lipinski definition) is 6. The zero-order valence-electron chi connectivity index (χ0n) is 14.9. The number of aromatic nitrogens is 5. The summed E-state index contributed by atoms with van der Waals surface area (Å²) in [6, 6.07) is 13.8. The number of anilines is 1. The predicted molar refractivity (Wildman–Crippen MR) is 98.8 cm³/mol. The maximum Gasteiger partial charge on any atom is 0.248 e. The Kier molecular flexibility index (Phi) is 4.12. The molecule has 132 valence electrons. The SMILES string of the molecule is CC(C)c1noc(C(C)Nc2cc(-c3ccccc3)nc3ccnn23)n1. The highest BCUT2D eigenvalue weighted by molar-refractivity contribution is 5.66. The molecule has 0 aliphatic carbocycles. The first-order valence-corrected chi connectivity index (χ1v) is 8.62. The summed E-state index contributed by atoms with van der Waals surface area (Å²) in [5.74, 6) is 2.29. The molecule has 0 aliphatic rings. The number of rotatable bonds is 5. The standard InChI is InChI=1S/C19H20N6O/c1-12(2)18-23-19(26-24-18)13(3)21-17-11-15(14-7-5-4-6-8-14)22-16-9-10-20-25(16)17/h4-13,21H,1-3H3. The molecule has 1 aromatic carbocycles. The van der Waals surface area contributed by atoms with Crippen molar-refractivity contribution in [3.8, 4) is 11.3 Å². The molecule has 0 amide bonds. The lowest BCUT2D eigenvalue weighted by Crippen LogP contribution is -2.11. The Labute approximate surface area is 151 Å². The largest absolute Gasteiger partial charge is 0.358 e. The van der Waals surface area contributed by atoms with Crippen LogP contribution in [0.4, 0.5) is 5.82 Å². The van der Waals surface area contributed by atoms with Gasteiger partial charge in [0.1, 0.15) is 11.9 Å². The van der Waals surface area contributed by atoms with Gasteiger partial charge in [-0.1, -0.05) is 49.3 Å². The second-order valence-electron chi connectivity index (χ2n) is 6.51. The Morgan fingerprint density at radius 3 is 2.58 bits per heavy atom. The van der Waals surface area contributed by atoms with Crippen molar-refractivity contribution in [2.24, 2.45) is 0 Å². The lowest BCUT2D eigenvalue weighted by molar-refractivity contribution is 0.361. The fourth-order valence-electron chi connectivity index (χ4n) is 2.71. The molecule has 0 bridgehead atoms. The summed E-state index contributed by atoms with van der Waals surface area (Å²) in [5, 5.41) is 11.8. The van der Waals surface area contributed by atoms with Gasteiger partial charge in [-0.25, -0.2) is 4.98 Å². The van der Waals surface area contributed by atoms with Gasteiger partial charge in [0.05, 0.1) is 11.9 Å². The first-order chi connectivity index (χ1) is 12.6. The maximum absolute atomic E-state index is 5.40. The van der Waals surface area contributed by atoms with Gasteiger partial charge in [-0.3, -0.25) is 0 Å². The third kappa shape index (κ3) is 3.03. The fraction of sp³-hybridized carbons (Fsp3) is 0.263. The van der Waals surface area contributed by atoms with Crippen molar-refractivity contribution in [1.29, 1.82) is 0 Å². The minimum Gasteiger partial charge on any atom is -0.358 e. The summed E-state index contributed by atoms with van der Waals surface area (Å²) in [6.07, 6.45) is 1.73. The Morgan fingerprint density at radius 2 is 1.85 bits per heavy atom. The van der Waals surface area contributed by atoms with Crippen LogP contribution in [-0.4, -0.2) is 24.7 Å². The molecule has 7 heteroatoms. The molecule has 0 radical (unpaired) electrons. The van der Waals surface area contributed by atoms with Crippen LogP contribution < -0.4 is 5.32 Å². The van der Waals surface area contributed by atoms with Gasteiger partial charge in [-0.05, 0) is 6.92 Å². The molecule has 1 unspecified atom stereocenters. The quantitative estimate of drug-likeness (QED) is 0.585. The summed E-state index contributed by atoms with van der Waals surface area (Å²) < 4.78 is 7.17. The van der Waals surface area contributed by atoms with Crippen LogP contribution in [0.15, 0.2) is 53.2 Å². The number of hydrogen-bond donors (Lipinski definition) is 1. The number of nitrogens with one attached hydrogen (secondary N) is 1. The predicted octanol–water partition coefficient (Wildman–Crippen LogP) is 4.08. The van der Waals surface area contributed by atoms with E-state index in [2.05, 4.69) is 25.5 Å². The number of nitrogens with zero attached hydrogens (tertiary/aromatic N) is 5. The van der Waals surface area contributed by atoms with Crippen LogP contribution in [0.1, 0.15) is 44.4 Å². The van der Waals surface area contributed by atoms with Crippen molar-refractivity contribution in [2.75, 3.05) is 5.32 Å². The molecule has 0 saturated carbocycles. The van der Waals surface area contributed by atoms with Gasteiger partial charge in [0.15, 0.2) is 11.5 Å². The third-order valence-corrected chi connectivity index (χ3v) is 4.14. The van der Waals surface area contributed by atoms with Gasteiger partial charge < -0.3 is 9.84 Å². The van der Waals surface area contributed by atoms with E-state index in [1.54, 1.807) is 10.7 Å². The van der Waals surface area contributed by atoms with Crippen LogP contribution in [0.2, 0.25) is 0 Å². The molecular weight excluding hydrogens is 328 g/mol. The molecule has 0 fully saturated rings. The lowest BCUT2D eigenvalue weighted by atomic mass is 10.1. The minimum absolute atomic E-state index is 0.159. The topological polar surface area (TPSA) is 81.1 Å². The van der Waals surface area contributed by atoms with E-state index in [-0.39, 0.29) is 12.0 Å². The van der Waals surface area contributed by atoms with Crippen molar-refractivity contribution in [1.82, 2.24) is 24.7 Å².